The van der Waals surface area contributed by atoms with Gasteiger partial charge in [-0.25, -0.2) is 4.79 Å². The topological polar surface area (TPSA) is 59.1 Å². The Morgan fingerprint density at radius 2 is 1.88 bits per heavy atom. The molecule has 3 atom stereocenters. The van der Waals surface area contributed by atoms with Gasteiger partial charge in [-0.2, -0.15) is 0 Å². The maximum atomic E-state index is 13.2. The first-order chi connectivity index (χ1) is 15.7. The average Bonchev–Trinajstić information content (AvgIpc) is 3.20. The van der Waals surface area contributed by atoms with Crippen LogP contribution in [0, 0.1) is 12.8 Å². The Kier molecular flexibility index (Phi) is 6.75. The molecular weight excluding hydrogens is 416 g/mol. The van der Waals surface area contributed by atoms with Crippen LogP contribution in [0.4, 0.5) is 4.79 Å². The molecule has 1 unspecified atom stereocenters. The lowest BCUT2D eigenvalue weighted by atomic mass is 9.89. The summed E-state index contributed by atoms with van der Waals surface area (Å²) >= 11 is 0. The minimum atomic E-state index is -0.566. The molecule has 0 spiro atoms. The van der Waals surface area contributed by atoms with Crippen molar-refractivity contribution in [3.63, 3.8) is 0 Å². The van der Waals surface area contributed by atoms with E-state index < -0.39 is 5.60 Å². The molecule has 6 nitrogen and oxygen atoms in total. The summed E-state index contributed by atoms with van der Waals surface area (Å²) in [5.74, 6) is 0.804. The highest BCUT2D eigenvalue weighted by atomic mass is 16.6. The molecule has 2 aromatic rings. The molecule has 2 heterocycles. The van der Waals surface area contributed by atoms with Crippen LogP contribution in [0.15, 0.2) is 48.5 Å². The second-order valence-electron chi connectivity index (χ2n) is 10.1. The first-order valence-corrected chi connectivity index (χ1v) is 11.7. The number of rotatable bonds is 5. The Morgan fingerprint density at radius 1 is 1.12 bits per heavy atom. The van der Waals surface area contributed by atoms with Crippen molar-refractivity contribution in [2.75, 3.05) is 19.6 Å². The van der Waals surface area contributed by atoms with Crippen LogP contribution < -0.4 is 4.74 Å². The van der Waals surface area contributed by atoms with E-state index in [0.29, 0.717) is 13.2 Å². The molecular formula is C27H34N2O4. The smallest absolute Gasteiger partial charge is 0.410 e. The summed E-state index contributed by atoms with van der Waals surface area (Å²) < 4.78 is 11.8. The lowest BCUT2D eigenvalue weighted by Crippen LogP contribution is -2.55. The van der Waals surface area contributed by atoms with E-state index in [1.807, 2.05) is 68.1 Å². The molecule has 2 fully saturated rings. The van der Waals surface area contributed by atoms with E-state index in [2.05, 4.69) is 17.9 Å². The van der Waals surface area contributed by atoms with Gasteiger partial charge in [-0.15, -0.1) is 0 Å². The highest BCUT2D eigenvalue weighted by Crippen LogP contribution is 2.41. The van der Waals surface area contributed by atoms with E-state index >= 15 is 0 Å². The number of hydrogen-bond donors (Lipinski definition) is 0. The minimum absolute atomic E-state index is 0.00451. The van der Waals surface area contributed by atoms with Crippen molar-refractivity contribution >= 4 is 12.4 Å². The Labute approximate surface area is 196 Å². The molecule has 0 aromatic heterocycles. The third-order valence-electron chi connectivity index (χ3n) is 6.44. The summed E-state index contributed by atoms with van der Waals surface area (Å²) in [7, 11) is 0. The zero-order valence-electron chi connectivity index (χ0n) is 20.0. The second kappa shape index (κ2) is 9.56. The first-order valence-electron chi connectivity index (χ1n) is 11.7. The molecule has 0 N–H and O–H groups in total. The third kappa shape index (κ3) is 5.38. The molecule has 0 saturated carbocycles. The number of benzene rings is 2. The van der Waals surface area contributed by atoms with Gasteiger partial charge in [0.15, 0.2) is 0 Å². The highest BCUT2D eigenvalue weighted by molar-refractivity contribution is 5.69. The maximum Gasteiger partial charge on any atom is 0.410 e. The lowest BCUT2D eigenvalue weighted by Gasteiger charge is -2.45. The monoisotopic (exact) mass is 450 g/mol. The molecule has 2 aliphatic rings. The van der Waals surface area contributed by atoms with Crippen molar-refractivity contribution in [1.29, 1.82) is 0 Å². The van der Waals surface area contributed by atoms with Crippen LogP contribution in [-0.4, -0.2) is 53.5 Å². The number of carbonyl (C=O) groups excluding carboxylic acids is 2. The lowest BCUT2D eigenvalue weighted by molar-refractivity contribution is -0.110. The van der Waals surface area contributed by atoms with Gasteiger partial charge in [0.05, 0.1) is 6.04 Å². The van der Waals surface area contributed by atoms with E-state index in [9.17, 15) is 9.59 Å². The molecule has 0 bridgehead atoms. The number of fused-ring (bicyclic) bond motifs is 1. The molecule has 6 heteroatoms. The number of aldehydes is 1. The highest BCUT2D eigenvalue weighted by Gasteiger charge is 2.46. The van der Waals surface area contributed by atoms with Crippen molar-refractivity contribution < 1.29 is 19.1 Å². The normalized spacial score (nSPS) is 23.2. The Hall–Kier alpha value is -2.86. The largest absolute Gasteiger partial charge is 0.489 e. The fourth-order valence-electron chi connectivity index (χ4n) is 4.95. The molecule has 0 aliphatic carbocycles. The van der Waals surface area contributed by atoms with Gasteiger partial charge >= 0.3 is 6.09 Å². The molecule has 176 valence electrons. The standard InChI is InChI=1S/C27H34N2O4/c1-19-14-22(32-18-20-8-6-5-7-9-20)10-11-23(19)25-24-15-21(17-30)16-28(24)12-13-29(25)26(31)33-27(2,3)4/h5-11,14,17,21,24-25H,12-13,15-16,18H2,1-4H3/t21?,24-,25-/m0/s1. The second-order valence-corrected chi connectivity index (χ2v) is 10.1. The van der Waals surface area contributed by atoms with E-state index in [0.717, 1.165) is 48.2 Å². The maximum absolute atomic E-state index is 13.2. The Morgan fingerprint density at radius 3 is 2.55 bits per heavy atom. The SMILES string of the molecule is Cc1cc(OCc2ccccc2)ccc1[C@H]1[C@@H]2CC(C=O)CN2CCN1C(=O)OC(C)(C)C. The summed E-state index contributed by atoms with van der Waals surface area (Å²) in [6.45, 7) is 10.3. The van der Waals surface area contributed by atoms with E-state index in [1.165, 1.54) is 0 Å². The van der Waals surface area contributed by atoms with Gasteiger partial charge in [-0.3, -0.25) is 9.80 Å². The van der Waals surface area contributed by atoms with Gasteiger partial charge in [0.2, 0.25) is 0 Å². The van der Waals surface area contributed by atoms with E-state index in [-0.39, 0.29) is 24.1 Å². The minimum Gasteiger partial charge on any atom is -0.489 e. The number of aryl methyl sites for hydroxylation is 1. The van der Waals surface area contributed by atoms with Crippen molar-refractivity contribution in [2.24, 2.45) is 5.92 Å². The molecule has 2 aliphatic heterocycles. The van der Waals surface area contributed by atoms with Crippen LogP contribution in [0.5, 0.6) is 5.75 Å². The van der Waals surface area contributed by atoms with Crippen LogP contribution in [0.25, 0.3) is 0 Å². The van der Waals surface area contributed by atoms with Gasteiger partial charge < -0.3 is 14.3 Å². The van der Waals surface area contributed by atoms with Crippen molar-refractivity contribution in [3.05, 3.63) is 65.2 Å². The molecule has 2 saturated heterocycles. The predicted molar refractivity (Wildman–Crippen MR) is 127 cm³/mol. The number of ether oxygens (including phenoxy) is 2. The van der Waals surface area contributed by atoms with Crippen molar-refractivity contribution in [1.82, 2.24) is 9.80 Å². The summed E-state index contributed by atoms with van der Waals surface area (Å²) in [5, 5.41) is 0. The van der Waals surface area contributed by atoms with Gasteiger partial charge in [0.25, 0.3) is 0 Å². The van der Waals surface area contributed by atoms with Gasteiger partial charge in [-0.1, -0.05) is 36.4 Å². The van der Waals surface area contributed by atoms with Crippen LogP contribution >= 0.6 is 0 Å². The van der Waals surface area contributed by atoms with Gasteiger partial charge in [0.1, 0.15) is 24.2 Å². The summed E-state index contributed by atoms with van der Waals surface area (Å²) in [4.78, 5) is 28.9. The number of hydrogen-bond acceptors (Lipinski definition) is 5. The number of nitrogens with zero attached hydrogens (tertiary/aromatic N) is 2. The van der Waals surface area contributed by atoms with E-state index in [4.69, 9.17) is 9.47 Å². The van der Waals surface area contributed by atoms with Crippen LogP contribution in [0.2, 0.25) is 0 Å². The molecule has 1 amide bonds. The molecule has 33 heavy (non-hydrogen) atoms. The summed E-state index contributed by atoms with van der Waals surface area (Å²) in [6.07, 6.45) is 1.50. The van der Waals surface area contributed by atoms with Gasteiger partial charge in [0, 0.05) is 31.6 Å². The van der Waals surface area contributed by atoms with Crippen LogP contribution in [-0.2, 0) is 16.1 Å². The number of piperazine rings is 1. The van der Waals surface area contributed by atoms with E-state index in [1.54, 1.807) is 0 Å². The Bertz CT molecular complexity index is 985. The summed E-state index contributed by atoms with van der Waals surface area (Å²) in [5.41, 5.74) is 2.69. The predicted octanol–water partition coefficient (Wildman–Crippen LogP) is 4.76. The van der Waals surface area contributed by atoms with Gasteiger partial charge in [-0.05, 0) is 62.9 Å². The Balaban J connectivity index is 1.60. The van der Waals surface area contributed by atoms with Crippen LogP contribution in [0.3, 0.4) is 0 Å². The molecule has 0 radical (unpaired) electrons. The summed E-state index contributed by atoms with van der Waals surface area (Å²) in [6, 6.07) is 16.1. The quantitative estimate of drug-likeness (QED) is 0.615. The first kappa shape index (κ1) is 23.3. The fraction of sp³-hybridized carbons (Fsp3) is 0.481. The molecule has 2 aromatic carbocycles. The average molecular weight is 451 g/mol. The number of carbonyl (C=O) groups is 2. The zero-order chi connectivity index (χ0) is 23.6. The third-order valence-corrected chi connectivity index (χ3v) is 6.44. The van der Waals surface area contributed by atoms with Crippen molar-refractivity contribution in [3.8, 4) is 5.75 Å². The fourth-order valence-corrected chi connectivity index (χ4v) is 4.95. The molecule has 4 rings (SSSR count). The number of amides is 1. The van der Waals surface area contributed by atoms with Crippen LogP contribution in [0.1, 0.15) is 49.9 Å². The van der Waals surface area contributed by atoms with Crippen molar-refractivity contribution in [2.45, 2.75) is 58.4 Å². The zero-order valence-corrected chi connectivity index (χ0v) is 20.0.